The minimum atomic E-state index is 0. The molecule has 0 aromatic heterocycles. The van der Waals surface area contributed by atoms with Crippen molar-refractivity contribution >= 4 is 41.7 Å². The van der Waals surface area contributed by atoms with Gasteiger partial charge < -0.3 is 15.4 Å². The Morgan fingerprint density at radius 2 is 1.73 bits per heavy atom. The maximum absolute atomic E-state index is 5.59. The lowest BCUT2D eigenvalue weighted by atomic mass is 9.99. The fourth-order valence-electron chi connectivity index (χ4n) is 4.13. The van der Waals surface area contributed by atoms with Gasteiger partial charge in [-0.3, -0.25) is 4.90 Å². The zero-order valence-electron chi connectivity index (χ0n) is 18.6. The van der Waals surface area contributed by atoms with Gasteiger partial charge in [0.15, 0.2) is 5.96 Å². The summed E-state index contributed by atoms with van der Waals surface area (Å²) in [6.07, 6.45) is 4.91. The Morgan fingerprint density at radius 3 is 2.37 bits per heavy atom. The first-order valence-corrected chi connectivity index (χ1v) is 12.3. The lowest BCUT2D eigenvalue weighted by Gasteiger charge is -2.37. The summed E-state index contributed by atoms with van der Waals surface area (Å²) in [5, 5.41) is 7.00. The van der Waals surface area contributed by atoms with E-state index in [1.807, 2.05) is 0 Å². The zero-order chi connectivity index (χ0) is 20.4. The maximum Gasteiger partial charge on any atom is 0.191 e. The van der Waals surface area contributed by atoms with Gasteiger partial charge in [0, 0.05) is 37.6 Å². The van der Waals surface area contributed by atoms with Gasteiger partial charge >= 0.3 is 0 Å². The summed E-state index contributed by atoms with van der Waals surface area (Å²) in [5.41, 5.74) is 2.67. The van der Waals surface area contributed by atoms with E-state index in [9.17, 15) is 0 Å². The molecule has 2 aliphatic heterocycles. The highest BCUT2D eigenvalue weighted by Crippen LogP contribution is 2.34. The quantitative estimate of drug-likeness (QED) is 0.276. The molecule has 2 heterocycles. The molecule has 0 unspecified atom stereocenters. The van der Waals surface area contributed by atoms with Crippen molar-refractivity contribution in [3.63, 3.8) is 0 Å². The number of likely N-dealkylation sites (tertiary alicyclic amines) is 1. The number of nitrogens with one attached hydrogen (secondary N) is 2. The lowest BCUT2D eigenvalue weighted by molar-refractivity contribution is 0.0782. The molecule has 0 atom stereocenters. The molecule has 5 nitrogen and oxygen atoms in total. The summed E-state index contributed by atoms with van der Waals surface area (Å²) >= 11 is 2.06. The predicted octanol–water partition coefficient (Wildman–Crippen LogP) is 4.26. The SMILES string of the molecule is CCNC(=NCc1ccc(CN2CCCC2)cc1)NCC1(SCC)CCOCC1.I. The first kappa shape index (κ1) is 25.7. The van der Waals surface area contributed by atoms with Crippen LogP contribution in [0, 0.1) is 0 Å². The fourth-order valence-corrected chi connectivity index (χ4v) is 5.37. The van der Waals surface area contributed by atoms with E-state index < -0.39 is 0 Å². The summed E-state index contributed by atoms with van der Waals surface area (Å²) in [4.78, 5) is 7.38. The Kier molecular flexibility index (Phi) is 11.8. The number of nitrogens with zero attached hydrogens (tertiary/aromatic N) is 2. The van der Waals surface area contributed by atoms with Crippen LogP contribution < -0.4 is 10.6 Å². The van der Waals surface area contributed by atoms with Crippen LogP contribution in [0.2, 0.25) is 0 Å². The summed E-state index contributed by atoms with van der Waals surface area (Å²) in [6, 6.07) is 8.98. The molecule has 0 spiro atoms. The normalized spacial score (nSPS) is 19.3. The smallest absolute Gasteiger partial charge is 0.191 e. The molecule has 1 aromatic rings. The van der Waals surface area contributed by atoms with E-state index in [4.69, 9.17) is 9.73 Å². The molecule has 2 fully saturated rings. The standard InChI is InChI=1S/C23H38N4OS.HI/c1-3-24-22(26-19-23(29-4-2)11-15-28-16-12-23)25-17-20-7-9-21(10-8-20)18-27-13-5-6-14-27;/h7-10H,3-6,11-19H2,1-2H3,(H2,24,25,26);1H. The third-order valence-electron chi connectivity index (χ3n) is 5.82. The van der Waals surface area contributed by atoms with E-state index in [1.54, 1.807) is 0 Å². The Labute approximate surface area is 204 Å². The van der Waals surface area contributed by atoms with Crippen LogP contribution in [0.1, 0.15) is 50.7 Å². The molecule has 0 aliphatic carbocycles. The van der Waals surface area contributed by atoms with Gasteiger partial charge in [-0.25, -0.2) is 4.99 Å². The van der Waals surface area contributed by atoms with Crippen molar-refractivity contribution < 1.29 is 4.74 Å². The average molecular weight is 547 g/mol. The van der Waals surface area contributed by atoms with Crippen LogP contribution in [0.25, 0.3) is 0 Å². The van der Waals surface area contributed by atoms with Crippen LogP contribution >= 0.6 is 35.7 Å². The number of rotatable bonds is 9. The molecule has 30 heavy (non-hydrogen) atoms. The van der Waals surface area contributed by atoms with Gasteiger partial charge in [0.1, 0.15) is 0 Å². The van der Waals surface area contributed by atoms with Crippen LogP contribution in [0.15, 0.2) is 29.3 Å². The molecule has 0 bridgehead atoms. The first-order chi connectivity index (χ1) is 14.2. The molecule has 0 amide bonds. The van der Waals surface area contributed by atoms with E-state index in [0.717, 1.165) is 57.4 Å². The van der Waals surface area contributed by atoms with Gasteiger partial charge in [-0.1, -0.05) is 31.2 Å². The molecule has 0 saturated carbocycles. The van der Waals surface area contributed by atoms with Crippen LogP contribution in [0.5, 0.6) is 0 Å². The van der Waals surface area contributed by atoms with Crippen molar-refractivity contribution in [3.8, 4) is 0 Å². The maximum atomic E-state index is 5.59. The Balaban J connectivity index is 0.00000320. The predicted molar refractivity (Wildman–Crippen MR) is 140 cm³/mol. The van der Waals surface area contributed by atoms with Crippen LogP contribution in [-0.4, -0.2) is 60.8 Å². The van der Waals surface area contributed by atoms with Gasteiger partial charge in [-0.2, -0.15) is 11.8 Å². The number of hydrogen-bond acceptors (Lipinski definition) is 4. The van der Waals surface area contributed by atoms with E-state index >= 15 is 0 Å². The third kappa shape index (κ3) is 8.20. The summed E-state index contributed by atoms with van der Waals surface area (Å²) in [7, 11) is 0. The second kappa shape index (κ2) is 13.8. The Morgan fingerprint density at radius 1 is 1.07 bits per heavy atom. The highest BCUT2D eigenvalue weighted by Gasteiger charge is 2.32. The van der Waals surface area contributed by atoms with E-state index in [1.165, 1.54) is 37.1 Å². The summed E-state index contributed by atoms with van der Waals surface area (Å²) in [6.45, 7) is 12.2. The van der Waals surface area contributed by atoms with Crippen molar-refractivity contribution in [1.82, 2.24) is 15.5 Å². The van der Waals surface area contributed by atoms with Gasteiger partial charge in [-0.15, -0.1) is 24.0 Å². The van der Waals surface area contributed by atoms with Crippen LogP contribution in [-0.2, 0) is 17.8 Å². The molecule has 0 radical (unpaired) electrons. The molecular weight excluding hydrogens is 507 g/mol. The van der Waals surface area contributed by atoms with Crippen molar-refractivity contribution in [3.05, 3.63) is 35.4 Å². The summed E-state index contributed by atoms with van der Waals surface area (Å²) < 4.78 is 5.86. The number of ether oxygens (including phenoxy) is 1. The largest absolute Gasteiger partial charge is 0.381 e. The van der Waals surface area contributed by atoms with Crippen molar-refractivity contribution in [2.24, 2.45) is 4.99 Å². The highest BCUT2D eigenvalue weighted by atomic mass is 127. The number of thioether (sulfide) groups is 1. The zero-order valence-corrected chi connectivity index (χ0v) is 21.8. The Hall–Kier alpha value is -0.510. The highest BCUT2D eigenvalue weighted by molar-refractivity contribution is 14.0. The number of aliphatic imine (C=N–C) groups is 1. The molecule has 3 rings (SSSR count). The number of hydrogen-bond donors (Lipinski definition) is 2. The number of benzene rings is 1. The summed E-state index contributed by atoms with van der Waals surface area (Å²) in [5.74, 6) is 2.05. The van der Waals surface area contributed by atoms with Gasteiger partial charge in [-0.05, 0) is 62.6 Å². The van der Waals surface area contributed by atoms with Gasteiger partial charge in [0.25, 0.3) is 0 Å². The molecule has 1 aromatic carbocycles. The monoisotopic (exact) mass is 546 g/mol. The van der Waals surface area contributed by atoms with Crippen molar-refractivity contribution in [1.29, 1.82) is 0 Å². The topological polar surface area (TPSA) is 48.9 Å². The van der Waals surface area contributed by atoms with Gasteiger partial charge in [0.2, 0.25) is 0 Å². The molecule has 7 heteroatoms. The second-order valence-corrected chi connectivity index (χ2v) is 9.81. The molecular formula is C23H39IN4OS. The Bertz CT molecular complexity index is 623. The molecule has 2 N–H and O–H groups in total. The fraction of sp³-hybridized carbons (Fsp3) is 0.696. The molecule has 170 valence electrons. The minimum absolute atomic E-state index is 0. The molecule has 2 saturated heterocycles. The number of halogens is 1. The minimum Gasteiger partial charge on any atom is -0.381 e. The van der Waals surface area contributed by atoms with Crippen molar-refractivity contribution in [2.45, 2.75) is 57.4 Å². The van der Waals surface area contributed by atoms with Crippen LogP contribution in [0.4, 0.5) is 0 Å². The van der Waals surface area contributed by atoms with Gasteiger partial charge in [0.05, 0.1) is 6.54 Å². The van der Waals surface area contributed by atoms with E-state index in [-0.39, 0.29) is 28.7 Å². The van der Waals surface area contributed by atoms with Crippen LogP contribution in [0.3, 0.4) is 0 Å². The second-order valence-electron chi connectivity index (χ2n) is 8.08. The average Bonchev–Trinajstić information content (AvgIpc) is 3.25. The number of guanidine groups is 1. The first-order valence-electron chi connectivity index (χ1n) is 11.3. The lowest BCUT2D eigenvalue weighted by Crippen LogP contribution is -2.48. The van der Waals surface area contributed by atoms with E-state index in [2.05, 4.69) is 65.4 Å². The van der Waals surface area contributed by atoms with E-state index in [0.29, 0.717) is 6.54 Å². The van der Waals surface area contributed by atoms with Crippen molar-refractivity contribution in [2.75, 3.05) is 45.1 Å². The third-order valence-corrected chi connectivity index (χ3v) is 7.28. The molecule has 2 aliphatic rings.